The van der Waals surface area contributed by atoms with Crippen molar-refractivity contribution in [1.82, 2.24) is 15.2 Å². The number of halogens is 2. The van der Waals surface area contributed by atoms with E-state index in [1.54, 1.807) is 32.9 Å². The molecule has 4 rings (SSSR count). The smallest absolute Gasteiger partial charge is 0.295 e. The lowest BCUT2D eigenvalue weighted by Gasteiger charge is -2.45. The van der Waals surface area contributed by atoms with Crippen molar-refractivity contribution in [3.05, 3.63) is 47.2 Å². The summed E-state index contributed by atoms with van der Waals surface area (Å²) in [6.45, 7) is 4.68. The Morgan fingerprint density at radius 1 is 1.25 bits per heavy atom. The van der Waals surface area contributed by atoms with Gasteiger partial charge in [-0.3, -0.25) is 0 Å². The number of nitrogens with one attached hydrogen (secondary N) is 1. The number of aromatic hydroxyl groups is 1. The molecule has 170 valence electrons. The molecule has 1 fully saturated rings. The molecule has 1 saturated heterocycles. The van der Waals surface area contributed by atoms with E-state index in [2.05, 4.69) is 20.5 Å². The molecule has 4 N–H and O–H groups in total. The Kier molecular flexibility index (Phi) is 5.38. The Morgan fingerprint density at radius 3 is 2.62 bits per heavy atom. The van der Waals surface area contributed by atoms with E-state index in [4.69, 9.17) is 5.11 Å². The quantitative estimate of drug-likeness (QED) is 0.458. The van der Waals surface area contributed by atoms with E-state index < -0.39 is 24.2 Å². The number of pyridine rings is 1. The number of β-amino-alcohol motifs (C(OH)–C–C–N with tert-alkyl or cyclic N) is 1. The standard InChI is InChI=1S/C22H25F2N5O3/c1-12(14-5-4-6-15(7-14)22(23,24)11-30)25-19-16-8-17(29-9-21(3,32)10-29)20(31)26-18(16)13(2)27-28-19/h4-8,12,30,32H,9-11H2,1-3H3,(H,25,28)(H,26,31)/t12-/m1/s1. The molecule has 1 aliphatic heterocycles. The van der Waals surface area contributed by atoms with Crippen LogP contribution >= 0.6 is 0 Å². The van der Waals surface area contributed by atoms with Gasteiger partial charge in [-0.1, -0.05) is 18.2 Å². The maximum atomic E-state index is 13.9. The monoisotopic (exact) mass is 445 g/mol. The fraction of sp³-hybridized carbons (Fsp3) is 0.409. The first kappa shape index (κ1) is 22.1. The van der Waals surface area contributed by atoms with Crippen molar-refractivity contribution in [3.63, 3.8) is 0 Å². The molecule has 0 radical (unpaired) electrons. The normalized spacial score (nSPS) is 16.7. The highest BCUT2D eigenvalue weighted by Gasteiger charge is 2.38. The van der Waals surface area contributed by atoms with Crippen molar-refractivity contribution >= 4 is 22.4 Å². The van der Waals surface area contributed by atoms with E-state index in [1.807, 2.05) is 4.90 Å². The van der Waals surface area contributed by atoms with Gasteiger partial charge in [-0.2, -0.15) is 13.9 Å². The third-order valence-corrected chi connectivity index (χ3v) is 5.65. The second-order valence-corrected chi connectivity index (χ2v) is 8.57. The number of hydrogen-bond acceptors (Lipinski definition) is 8. The number of nitrogens with zero attached hydrogens (tertiary/aromatic N) is 4. The fourth-order valence-electron chi connectivity index (χ4n) is 3.88. The van der Waals surface area contributed by atoms with Gasteiger partial charge in [0.25, 0.3) is 5.92 Å². The van der Waals surface area contributed by atoms with Crippen LogP contribution in [0.2, 0.25) is 0 Å². The molecule has 0 saturated carbocycles. The zero-order valence-electron chi connectivity index (χ0n) is 18.0. The summed E-state index contributed by atoms with van der Waals surface area (Å²) in [5.74, 6) is -3.11. The maximum absolute atomic E-state index is 13.9. The van der Waals surface area contributed by atoms with Crippen molar-refractivity contribution in [2.45, 2.75) is 38.3 Å². The summed E-state index contributed by atoms with van der Waals surface area (Å²) in [5.41, 5.74) is 0.938. The second kappa shape index (κ2) is 7.79. The van der Waals surface area contributed by atoms with Crippen molar-refractivity contribution in [2.75, 3.05) is 29.9 Å². The van der Waals surface area contributed by atoms with Crippen molar-refractivity contribution in [3.8, 4) is 5.88 Å². The second-order valence-electron chi connectivity index (χ2n) is 8.57. The molecule has 32 heavy (non-hydrogen) atoms. The number of aryl methyl sites for hydroxylation is 1. The number of rotatable bonds is 6. The predicted molar refractivity (Wildman–Crippen MR) is 116 cm³/mol. The highest BCUT2D eigenvalue weighted by molar-refractivity contribution is 5.93. The van der Waals surface area contributed by atoms with Crippen LogP contribution in [0.3, 0.4) is 0 Å². The lowest BCUT2D eigenvalue weighted by atomic mass is 9.96. The Bertz CT molecular complexity index is 1160. The Morgan fingerprint density at radius 2 is 1.97 bits per heavy atom. The Hall–Kier alpha value is -3.11. The van der Waals surface area contributed by atoms with Crippen LogP contribution in [0.4, 0.5) is 20.3 Å². The SMILES string of the molecule is Cc1nnc(N[C@H](C)c2cccc(C(F)(F)CO)c2)c2cc(N3CC(C)(O)C3)c(O)nc12. The molecule has 1 atom stereocenters. The van der Waals surface area contributed by atoms with Gasteiger partial charge in [0.05, 0.1) is 17.3 Å². The van der Waals surface area contributed by atoms with Gasteiger partial charge >= 0.3 is 0 Å². The third-order valence-electron chi connectivity index (χ3n) is 5.65. The van der Waals surface area contributed by atoms with Crippen molar-refractivity contribution < 1.29 is 24.1 Å². The predicted octanol–water partition coefficient (Wildman–Crippen LogP) is 2.87. The summed E-state index contributed by atoms with van der Waals surface area (Å²) in [7, 11) is 0. The van der Waals surface area contributed by atoms with Crippen LogP contribution in [0.25, 0.3) is 10.9 Å². The molecule has 0 unspecified atom stereocenters. The van der Waals surface area contributed by atoms with Crippen molar-refractivity contribution in [2.24, 2.45) is 0 Å². The summed E-state index contributed by atoms with van der Waals surface area (Å²) >= 11 is 0. The van der Waals surface area contributed by atoms with E-state index in [0.717, 1.165) is 0 Å². The van der Waals surface area contributed by atoms with Crippen molar-refractivity contribution in [1.29, 1.82) is 0 Å². The van der Waals surface area contributed by atoms with E-state index in [0.29, 0.717) is 46.8 Å². The fourth-order valence-corrected chi connectivity index (χ4v) is 3.88. The molecule has 10 heteroatoms. The van der Waals surface area contributed by atoms with Gasteiger partial charge < -0.3 is 25.5 Å². The molecule has 0 aliphatic carbocycles. The van der Waals surface area contributed by atoms with E-state index in [-0.39, 0.29) is 11.4 Å². The lowest BCUT2D eigenvalue weighted by molar-refractivity contribution is -0.0556. The van der Waals surface area contributed by atoms with Crippen LogP contribution in [-0.4, -0.2) is 55.8 Å². The number of aliphatic hydroxyl groups is 2. The minimum Gasteiger partial charge on any atom is -0.492 e. The van der Waals surface area contributed by atoms with Crippen LogP contribution in [0, 0.1) is 6.92 Å². The number of aliphatic hydroxyl groups excluding tert-OH is 1. The molecular formula is C22H25F2N5O3. The van der Waals surface area contributed by atoms with Gasteiger partial charge in [0.15, 0.2) is 5.82 Å². The Labute approximate surface area is 183 Å². The molecule has 0 amide bonds. The highest BCUT2D eigenvalue weighted by Crippen LogP contribution is 2.38. The van der Waals surface area contributed by atoms with Crippen LogP contribution in [0.15, 0.2) is 30.3 Å². The lowest BCUT2D eigenvalue weighted by Crippen LogP contribution is -2.60. The third kappa shape index (κ3) is 4.03. The summed E-state index contributed by atoms with van der Waals surface area (Å²) < 4.78 is 27.8. The zero-order valence-corrected chi connectivity index (χ0v) is 18.0. The van der Waals surface area contributed by atoms with Gasteiger partial charge in [-0.05, 0) is 38.5 Å². The number of benzene rings is 1. The van der Waals surface area contributed by atoms with Gasteiger partial charge in [-0.25, -0.2) is 4.98 Å². The largest absolute Gasteiger partial charge is 0.492 e. The number of fused-ring (bicyclic) bond motifs is 1. The number of alkyl halides is 2. The molecule has 2 aromatic heterocycles. The molecule has 3 heterocycles. The zero-order chi connectivity index (χ0) is 23.3. The van der Waals surface area contributed by atoms with E-state index >= 15 is 0 Å². The van der Waals surface area contributed by atoms with Gasteiger partial charge in [-0.15, -0.1) is 5.10 Å². The first-order valence-electron chi connectivity index (χ1n) is 10.2. The molecule has 1 aliphatic rings. The summed E-state index contributed by atoms with van der Waals surface area (Å²) in [6.07, 6.45) is 0. The number of aromatic nitrogens is 3. The van der Waals surface area contributed by atoms with Gasteiger partial charge in [0.2, 0.25) is 5.88 Å². The minimum atomic E-state index is -3.33. The number of hydrogen-bond donors (Lipinski definition) is 4. The summed E-state index contributed by atoms with van der Waals surface area (Å²) in [4.78, 5) is 6.10. The van der Waals surface area contributed by atoms with Gasteiger partial charge in [0, 0.05) is 24.0 Å². The van der Waals surface area contributed by atoms with Crippen LogP contribution in [0.5, 0.6) is 5.88 Å². The molecule has 0 spiro atoms. The maximum Gasteiger partial charge on any atom is 0.295 e. The topological polar surface area (TPSA) is 115 Å². The minimum absolute atomic E-state index is 0.165. The van der Waals surface area contributed by atoms with Crippen LogP contribution in [0.1, 0.15) is 36.7 Å². The molecule has 1 aromatic carbocycles. The highest BCUT2D eigenvalue weighted by atomic mass is 19.3. The average molecular weight is 445 g/mol. The summed E-state index contributed by atoms with van der Waals surface area (Å²) in [6, 6.07) is 7.16. The van der Waals surface area contributed by atoms with Crippen LogP contribution < -0.4 is 10.2 Å². The van der Waals surface area contributed by atoms with Gasteiger partial charge in [0.1, 0.15) is 17.8 Å². The molecule has 8 nitrogen and oxygen atoms in total. The molecular weight excluding hydrogens is 420 g/mol. The number of anilines is 2. The molecule has 0 bridgehead atoms. The van der Waals surface area contributed by atoms with E-state index in [1.165, 1.54) is 18.2 Å². The summed E-state index contributed by atoms with van der Waals surface area (Å²) in [5, 5.41) is 41.6. The van der Waals surface area contributed by atoms with Crippen LogP contribution in [-0.2, 0) is 5.92 Å². The molecule has 3 aromatic rings. The Balaban J connectivity index is 1.69. The first-order chi connectivity index (χ1) is 15.0. The average Bonchev–Trinajstić information content (AvgIpc) is 2.74. The first-order valence-corrected chi connectivity index (χ1v) is 10.2. The van der Waals surface area contributed by atoms with E-state index in [9.17, 15) is 19.0 Å².